The minimum absolute atomic E-state index is 0.0793. The molecule has 0 spiro atoms. The van der Waals surface area contributed by atoms with E-state index >= 15 is 0 Å². The first kappa shape index (κ1) is 11.6. The summed E-state index contributed by atoms with van der Waals surface area (Å²) in [5, 5.41) is 11.9. The molecule has 1 saturated heterocycles. The van der Waals surface area contributed by atoms with E-state index in [9.17, 15) is 4.79 Å². The van der Waals surface area contributed by atoms with Gasteiger partial charge in [-0.25, -0.2) is 0 Å². The second-order valence-corrected chi connectivity index (χ2v) is 4.25. The van der Waals surface area contributed by atoms with Crippen molar-refractivity contribution in [3.05, 3.63) is 29.8 Å². The van der Waals surface area contributed by atoms with Crippen LogP contribution in [0, 0.1) is 17.2 Å². The van der Waals surface area contributed by atoms with E-state index in [4.69, 9.17) is 5.26 Å². The fourth-order valence-corrected chi connectivity index (χ4v) is 2.03. The number of nitrogens with zero attached hydrogens (tertiary/aromatic N) is 2. The fourth-order valence-electron chi connectivity index (χ4n) is 2.03. The zero-order valence-electron chi connectivity index (χ0n) is 9.81. The SMILES string of the molecule is CN(C(=O)C1CCNC1)c1ccc(C#N)cc1. The second-order valence-electron chi connectivity index (χ2n) is 4.25. The van der Waals surface area contributed by atoms with E-state index in [1.807, 2.05) is 0 Å². The van der Waals surface area contributed by atoms with Gasteiger partial charge in [-0.15, -0.1) is 0 Å². The van der Waals surface area contributed by atoms with Gasteiger partial charge in [-0.3, -0.25) is 4.79 Å². The Bertz CT molecular complexity index is 441. The second kappa shape index (κ2) is 4.98. The number of carbonyl (C=O) groups excluding carboxylic acids is 1. The van der Waals surface area contributed by atoms with Gasteiger partial charge in [-0.2, -0.15) is 5.26 Å². The molecule has 1 aromatic rings. The summed E-state index contributed by atoms with van der Waals surface area (Å²) in [6, 6.07) is 9.13. The van der Waals surface area contributed by atoms with E-state index in [0.717, 1.165) is 25.2 Å². The lowest BCUT2D eigenvalue weighted by atomic mass is 10.1. The third-order valence-corrected chi connectivity index (χ3v) is 3.12. The van der Waals surface area contributed by atoms with Crippen LogP contribution < -0.4 is 10.2 Å². The van der Waals surface area contributed by atoms with Gasteiger partial charge in [0.2, 0.25) is 5.91 Å². The van der Waals surface area contributed by atoms with Crippen LogP contribution in [0.5, 0.6) is 0 Å². The Morgan fingerprint density at radius 3 is 2.71 bits per heavy atom. The molecule has 1 unspecified atom stereocenters. The van der Waals surface area contributed by atoms with Crippen LogP contribution in [0.4, 0.5) is 5.69 Å². The molecule has 1 fully saturated rings. The van der Waals surface area contributed by atoms with Gasteiger partial charge >= 0.3 is 0 Å². The molecule has 0 radical (unpaired) electrons. The van der Waals surface area contributed by atoms with Gasteiger partial charge in [0.25, 0.3) is 0 Å². The molecule has 4 heteroatoms. The van der Waals surface area contributed by atoms with Gasteiger partial charge in [0.05, 0.1) is 17.6 Å². The maximum absolute atomic E-state index is 12.1. The number of carbonyl (C=O) groups is 1. The molecule has 1 N–H and O–H groups in total. The molecule has 1 aromatic carbocycles. The molecule has 88 valence electrons. The molecule has 1 amide bonds. The van der Waals surface area contributed by atoms with Crippen LogP contribution in [0.3, 0.4) is 0 Å². The quantitative estimate of drug-likeness (QED) is 0.827. The molecule has 0 aromatic heterocycles. The molecular formula is C13H15N3O. The average Bonchev–Trinajstić information content (AvgIpc) is 2.91. The first-order valence-electron chi connectivity index (χ1n) is 5.71. The Kier molecular flexibility index (Phi) is 3.40. The smallest absolute Gasteiger partial charge is 0.231 e. The molecule has 2 rings (SSSR count). The zero-order valence-corrected chi connectivity index (χ0v) is 9.81. The number of hydrogen-bond acceptors (Lipinski definition) is 3. The highest BCUT2D eigenvalue weighted by Gasteiger charge is 2.25. The highest BCUT2D eigenvalue weighted by atomic mass is 16.2. The van der Waals surface area contributed by atoms with Gasteiger partial charge in [-0.1, -0.05) is 0 Å². The summed E-state index contributed by atoms with van der Waals surface area (Å²) < 4.78 is 0. The minimum atomic E-state index is 0.0793. The Labute approximate surface area is 101 Å². The normalized spacial score (nSPS) is 18.7. The van der Waals surface area contributed by atoms with Crippen LogP contribution in [-0.4, -0.2) is 26.0 Å². The van der Waals surface area contributed by atoms with Crippen LogP contribution in [0.15, 0.2) is 24.3 Å². The van der Waals surface area contributed by atoms with E-state index in [1.54, 1.807) is 36.2 Å². The maximum atomic E-state index is 12.1. The van der Waals surface area contributed by atoms with Crippen molar-refractivity contribution in [2.75, 3.05) is 25.0 Å². The predicted octanol–water partition coefficient (Wildman–Crippen LogP) is 1.13. The Hall–Kier alpha value is -1.86. The summed E-state index contributed by atoms with van der Waals surface area (Å²) in [4.78, 5) is 13.8. The van der Waals surface area contributed by atoms with Gasteiger partial charge < -0.3 is 10.2 Å². The van der Waals surface area contributed by atoms with E-state index in [1.165, 1.54) is 0 Å². The summed E-state index contributed by atoms with van der Waals surface area (Å²) >= 11 is 0. The van der Waals surface area contributed by atoms with Gasteiger partial charge in [0.1, 0.15) is 0 Å². The van der Waals surface area contributed by atoms with E-state index in [-0.39, 0.29) is 11.8 Å². The molecule has 1 aliphatic rings. The summed E-state index contributed by atoms with van der Waals surface area (Å²) in [6.07, 6.45) is 0.902. The molecule has 17 heavy (non-hydrogen) atoms. The van der Waals surface area contributed by atoms with Gasteiger partial charge in [0, 0.05) is 19.3 Å². The van der Waals surface area contributed by atoms with E-state index < -0.39 is 0 Å². The van der Waals surface area contributed by atoms with Crippen molar-refractivity contribution in [3.63, 3.8) is 0 Å². The lowest BCUT2D eigenvalue weighted by Gasteiger charge is -2.20. The van der Waals surface area contributed by atoms with Crippen LogP contribution in [-0.2, 0) is 4.79 Å². The van der Waals surface area contributed by atoms with E-state index in [2.05, 4.69) is 11.4 Å². The van der Waals surface area contributed by atoms with Crippen LogP contribution in [0.2, 0.25) is 0 Å². The zero-order chi connectivity index (χ0) is 12.3. The van der Waals surface area contributed by atoms with E-state index in [0.29, 0.717) is 5.56 Å². The number of hydrogen-bond donors (Lipinski definition) is 1. The Balaban J connectivity index is 2.10. The summed E-state index contributed by atoms with van der Waals surface area (Å²) in [5.74, 6) is 0.218. The predicted molar refractivity (Wildman–Crippen MR) is 65.5 cm³/mol. The third-order valence-electron chi connectivity index (χ3n) is 3.12. The number of amides is 1. The van der Waals surface area contributed by atoms with Crippen molar-refractivity contribution in [3.8, 4) is 6.07 Å². The molecule has 4 nitrogen and oxygen atoms in total. The lowest BCUT2D eigenvalue weighted by molar-refractivity contribution is -0.121. The monoisotopic (exact) mass is 229 g/mol. The molecule has 1 aliphatic heterocycles. The van der Waals surface area contributed by atoms with Crippen molar-refractivity contribution in [2.45, 2.75) is 6.42 Å². The number of anilines is 1. The molecule has 1 atom stereocenters. The largest absolute Gasteiger partial charge is 0.316 e. The van der Waals surface area contributed by atoms with Crippen LogP contribution >= 0.6 is 0 Å². The lowest BCUT2D eigenvalue weighted by Crippen LogP contribution is -2.33. The van der Waals surface area contributed by atoms with Gasteiger partial charge in [0.15, 0.2) is 0 Å². The molecular weight excluding hydrogens is 214 g/mol. The van der Waals surface area contributed by atoms with Crippen LogP contribution in [0.25, 0.3) is 0 Å². The molecule has 1 heterocycles. The fraction of sp³-hybridized carbons (Fsp3) is 0.385. The standard InChI is InChI=1S/C13H15N3O/c1-16(13(17)11-6-7-15-9-11)12-4-2-10(8-14)3-5-12/h2-5,11,15H,6-7,9H2,1H3. The van der Waals surface area contributed by atoms with Crippen molar-refractivity contribution >= 4 is 11.6 Å². The topological polar surface area (TPSA) is 56.1 Å². The first-order valence-corrected chi connectivity index (χ1v) is 5.71. The number of nitriles is 1. The third kappa shape index (κ3) is 2.45. The summed E-state index contributed by atoms with van der Waals surface area (Å²) in [7, 11) is 1.78. The van der Waals surface area contributed by atoms with Crippen molar-refractivity contribution in [1.82, 2.24) is 5.32 Å². The van der Waals surface area contributed by atoms with Crippen molar-refractivity contribution in [1.29, 1.82) is 5.26 Å². The molecule has 0 saturated carbocycles. The molecule has 0 bridgehead atoms. The van der Waals surface area contributed by atoms with Gasteiger partial charge in [-0.05, 0) is 37.2 Å². The average molecular weight is 229 g/mol. The number of nitrogens with one attached hydrogen (secondary N) is 1. The summed E-state index contributed by atoms with van der Waals surface area (Å²) in [5.41, 5.74) is 1.44. The maximum Gasteiger partial charge on any atom is 0.231 e. The number of rotatable bonds is 2. The van der Waals surface area contributed by atoms with Crippen molar-refractivity contribution in [2.24, 2.45) is 5.92 Å². The Morgan fingerprint density at radius 1 is 1.47 bits per heavy atom. The highest BCUT2D eigenvalue weighted by Crippen LogP contribution is 2.18. The minimum Gasteiger partial charge on any atom is -0.316 e. The number of benzene rings is 1. The van der Waals surface area contributed by atoms with Crippen LogP contribution in [0.1, 0.15) is 12.0 Å². The van der Waals surface area contributed by atoms with Crippen molar-refractivity contribution < 1.29 is 4.79 Å². The first-order chi connectivity index (χ1) is 8.22. The molecule has 0 aliphatic carbocycles. The summed E-state index contributed by atoms with van der Waals surface area (Å²) in [6.45, 7) is 1.68. The Morgan fingerprint density at radius 2 is 2.18 bits per heavy atom. The highest BCUT2D eigenvalue weighted by molar-refractivity contribution is 5.94.